The van der Waals surface area contributed by atoms with Gasteiger partial charge in [-0.3, -0.25) is 0 Å². The number of ether oxygens (including phenoxy) is 1. The minimum atomic E-state index is -0.277. The van der Waals surface area contributed by atoms with Crippen LogP contribution in [0.2, 0.25) is 0 Å². The van der Waals surface area contributed by atoms with E-state index in [1.54, 1.807) is 0 Å². The number of carbonyl (C=O) groups excluding carboxylic acids is 1. The van der Waals surface area contributed by atoms with Crippen LogP contribution in [0.25, 0.3) is 11.1 Å². The van der Waals surface area contributed by atoms with Gasteiger partial charge in [0, 0.05) is 0 Å². The molecule has 17 heavy (non-hydrogen) atoms. The van der Waals surface area contributed by atoms with E-state index >= 15 is 0 Å². The molecule has 0 aromatic heterocycles. The molecule has 2 rings (SSSR count). The van der Waals surface area contributed by atoms with Crippen LogP contribution >= 0.6 is 0 Å². The van der Waals surface area contributed by atoms with Gasteiger partial charge in [0.15, 0.2) is 0 Å². The van der Waals surface area contributed by atoms with Crippen molar-refractivity contribution in [1.29, 1.82) is 0 Å². The van der Waals surface area contributed by atoms with Gasteiger partial charge in [0.25, 0.3) is 0 Å². The molecule has 2 nitrogen and oxygen atoms in total. The maximum absolute atomic E-state index is 11.6. The Hall–Kier alpha value is -1.83. The third-order valence-corrected chi connectivity index (χ3v) is 2.98. The molecule has 2 aliphatic carbocycles. The molecule has 0 radical (unpaired) electrons. The van der Waals surface area contributed by atoms with Crippen molar-refractivity contribution in [2.24, 2.45) is 0 Å². The number of fused-ring (bicyclic) bond motifs is 1. The smallest absolute Gasteiger partial charge is 0.338 e. The number of rotatable bonds is 2. The number of esters is 1. The molecule has 88 valence electrons. The molecule has 0 aromatic rings. The molecule has 2 aliphatic rings. The summed E-state index contributed by atoms with van der Waals surface area (Å²) < 4.78 is 4.79. The van der Waals surface area contributed by atoms with Crippen LogP contribution in [-0.4, -0.2) is 13.1 Å². The Bertz CT molecular complexity index is 515. The molecule has 2 heteroatoms. The molecule has 0 atom stereocenters. The molecule has 0 spiro atoms. The molecule has 0 N–H and O–H groups in total. The Balaban J connectivity index is 2.61. The molecule has 0 amide bonds. The zero-order valence-electron chi connectivity index (χ0n) is 10.4. The van der Waals surface area contributed by atoms with E-state index in [2.05, 4.69) is 26.0 Å². The first-order chi connectivity index (χ1) is 8.13. The molecule has 0 saturated carbocycles. The van der Waals surface area contributed by atoms with E-state index in [-0.39, 0.29) is 5.97 Å². The zero-order valence-corrected chi connectivity index (χ0v) is 10.4. The summed E-state index contributed by atoms with van der Waals surface area (Å²) in [6.45, 7) is 4.28. The number of methoxy groups -OCH3 is 1. The first-order valence-corrected chi connectivity index (χ1v) is 5.74. The van der Waals surface area contributed by atoms with E-state index in [4.69, 9.17) is 4.74 Å². The van der Waals surface area contributed by atoms with E-state index in [0.717, 1.165) is 11.1 Å². The number of hydrogen-bond donors (Lipinski definition) is 0. The molecule has 0 bridgehead atoms. The predicted octanol–water partition coefficient (Wildman–Crippen LogP) is 3.70. The summed E-state index contributed by atoms with van der Waals surface area (Å²) in [4.78, 5) is 11.6. The van der Waals surface area contributed by atoms with E-state index in [0.29, 0.717) is 11.5 Å². The highest BCUT2D eigenvalue weighted by Gasteiger charge is 2.16. The lowest BCUT2D eigenvalue weighted by molar-refractivity contribution is 0.0602. The fraction of sp³-hybridized carbons (Fsp3) is 0.267. The van der Waals surface area contributed by atoms with E-state index < -0.39 is 0 Å². The van der Waals surface area contributed by atoms with Crippen molar-refractivity contribution in [2.45, 2.75) is 19.8 Å². The third kappa shape index (κ3) is 2.16. The fourth-order valence-corrected chi connectivity index (χ4v) is 1.94. The summed E-state index contributed by atoms with van der Waals surface area (Å²) in [7, 11) is 1.41. The predicted molar refractivity (Wildman–Crippen MR) is 68.5 cm³/mol. The van der Waals surface area contributed by atoms with E-state index in [9.17, 15) is 4.79 Å². The first kappa shape index (κ1) is 11.6. The summed E-state index contributed by atoms with van der Waals surface area (Å²) in [5.41, 5.74) is 3.89. The maximum Gasteiger partial charge on any atom is 0.338 e. The topological polar surface area (TPSA) is 26.3 Å². The summed E-state index contributed by atoms with van der Waals surface area (Å²) in [5.74, 6) is 0.159. The SMILES string of the molecule is COC(=O)c1ccc2cccc(C(C)C)cc1-2. The standard InChI is InChI=1S/C15H16O2/c1-10(2)12-6-4-5-11-7-8-13(14(11)9-12)15(16)17-3/h4-10H,1-3H3. The Morgan fingerprint density at radius 2 is 1.94 bits per heavy atom. The van der Waals surface area contributed by atoms with Crippen molar-refractivity contribution >= 4 is 5.97 Å². The fourth-order valence-electron chi connectivity index (χ4n) is 1.94. The largest absolute Gasteiger partial charge is 0.465 e. The van der Waals surface area contributed by atoms with Gasteiger partial charge in [-0.2, -0.15) is 0 Å². The minimum absolute atomic E-state index is 0.277. The normalized spacial score (nSPS) is 10.8. The van der Waals surface area contributed by atoms with Crippen molar-refractivity contribution in [3.8, 4) is 11.1 Å². The highest BCUT2D eigenvalue weighted by Crippen LogP contribution is 2.30. The molecular weight excluding hydrogens is 212 g/mol. The van der Waals surface area contributed by atoms with Gasteiger partial charge < -0.3 is 4.74 Å². The second-order valence-corrected chi connectivity index (χ2v) is 4.43. The van der Waals surface area contributed by atoms with Crippen LogP contribution in [0, 0.1) is 0 Å². The van der Waals surface area contributed by atoms with Gasteiger partial charge in [0.2, 0.25) is 0 Å². The lowest BCUT2D eigenvalue weighted by Crippen LogP contribution is -2.00. The molecule has 0 aliphatic heterocycles. The lowest BCUT2D eigenvalue weighted by Gasteiger charge is -2.04. The summed E-state index contributed by atoms with van der Waals surface area (Å²) in [6.07, 6.45) is 0. The average Bonchev–Trinajstić information content (AvgIpc) is 2.57. The lowest BCUT2D eigenvalue weighted by atomic mass is 10.0. The Labute approximate surface area is 102 Å². The van der Waals surface area contributed by atoms with Gasteiger partial charge in [0.05, 0.1) is 12.7 Å². The summed E-state index contributed by atoms with van der Waals surface area (Å²) in [6, 6.07) is 12.0. The Kier molecular flexibility index (Phi) is 3.14. The first-order valence-electron chi connectivity index (χ1n) is 5.74. The second kappa shape index (κ2) is 4.58. The number of carbonyl (C=O) groups is 1. The van der Waals surface area contributed by atoms with E-state index in [1.807, 2.05) is 24.3 Å². The minimum Gasteiger partial charge on any atom is -0.465 e. The molecule has 0 unspecified atom stereocenters. The van der Waals surface area contributed by atoms with Crippen molar-refractivity contribution in [2.75, 3.05) is 7.11 Å². The van der Waals surface area contributed by atoms with Gasteiger partial charge in [-0.15, -0.1) is 0 Å². The maximum atomic E-state index is 11.6. The monoisotopic (exact) mass is 228 g/mol. The van der Waals surface area contributed by atoms with Crippen molar-refractivity contribution in [3.63, 3.8) is 0 Å². The summed E-state index contributed by atoms with van der Waals surface area (Å²) in [5, 5.41) is 0. The zero-order chi connectivity index (χ0) is 12.4. The van der Waals surface area contributed by atoms with Crippen LogP contribution in [0.4, 0.5) is 0 Å². The number of hydrogen-bond acceptors (Lipinski definition) is 2. The van der Waals surface area contributed by atoms with Gasteiger partial charge >= 0.3 is 5.97 Å². The van der Waals surface area contributed by atoms with Gasteiger partial charge in [0.1, 0.15) is 0 Å². The average molecular weight is 228 g/mol. The molecule has 0 saturated heterocycles. The molecule has 0 aromatic carbocycles. The quantitative estimate of drug-likeness (QED) is 0.732. The van der Waals surface area contributed by atoms with Gasteiger partial charge in [-0.05, 0) is 28.7 Å². The van der Waals surface area contributed by atoms with Crippen LogP contribution < -0.4 is 0 Å². The highest BCUT2D eigenvalue weighted by molar-refractivity contribution is 5.98. The van der Waals surface area contributed by atoms with Crippen LogP contribution in [0.1, 0.15) is 35.7 Å². The van der Waals surface area contributed by atoms with Crippen LogP contribution in [0.5, 0.6) is 0 Å². The van der Waals surface area contributed by atoms with Gasteiger partial charge in [-0.25, -0.2) is 4.79 Å². The van der Waals surface area contributed by atoms with Crippen LogP contribution in [0.3, 0.4) is 0 Å². The van der Waals surface area contributed by atoms with Gasteiger partial charge in [-0.1, -0.05) is 44.2 Å². The van der Waals surface area contributed by atoms with Crippen molar-refractivity contribution in [3.05, 3.63) is 47.5 Å². The summed E-state index contributed by atoms with van der Waals surface area (Å²) >= 11 is 0. The Morgan fingerprint density at radius 3 is 2.59 bits per heavy atom. The van der Waals surface area contributed by atoms with Crippen LogP contribution in [0.15, 0.2) is 36.4 Å². The third-order valence-electron chi connectivity index (χ3n) is 2.98. The van der Waals surface area contributed by atoms with Crippen LogP contribution in [-0.2, 0) is 4.74 Å². The van der Waals surface area contributed by atoms with E-state index in [1.165, 1.54) is 12.7 Å². The molecular formula is C15H16O2. The molecule has 0 fully saturated rings. The van der Waals surface area contributed by atoms with Crippen molar-refractivity contribution < 1.29 is 9.53 Å². The highest BCUT2D eigenvalue weighted by atomic mass is 16.5. The second-order valence-electron chi connectivity index (χ2n) is 4.43. The molecule has 0 heterocycles. The Morgan fingerprint density at radius 1 is 1.18 bits per heavy atom. The van der Waals surface area contributed by atoms with Crippen molar-refractivity contribution in [1.82, 2.24) is 0 Å².